The first-order valence-electron chi connectivity index (χ1n) is 12.5. The zero-order chi connectivity index (χ0) is 24.7. The molecule has 0 saturated heterocycles. The highest BCUT2D eigenvalue weighted by Crippen LogP contribution is 2.38. The number of hydrogen-bond donors (Lipinski definition) is 0. The summed E-state index contributed by atoms with van der Waals surface area (Å²) in [4.78, 5) is 0. The fourth-order valence-electron chi connectivity index (χ4n) is 4.48. The van der Waals surface area contributed by atoms with E-state index in [0.29, 0.717) is 18.9 Å². The Morgan fingerprint density at radius 1 is 0.771 bits per heavy atom. The van der Waals surface area contributed by atoms with E-state index in [-0.39, 0.29) is 20.3 Å². The summed E-state index contributed by atoms with van der Waals surface area (Å²) >= 11 is 0. The predicted octanol–water partition coefficient (Wildman–Crippen LogP) is 6.80. The van der Waals surface area contributed by atoms with Gasteiger partial charge in [0, 0.05) is 27.4 Å². The van der Waals surface area contributed by atoms with Gasteiger partial charge in [-0.25, -0.2) is 0 Å². The van der Waals surface area contributed by atoms with Crippen molar-refractivity contribution in [3.8, 4) is 11.5 Å². The number of benzene rings is 2. The van der Waals surface area contributed by atoms with E-state index in [1.54, 1.807) is 14.2 Å². The molecule has 3 rings (SSSR count). The van der Waals surface area contributed by atoms with Gasteiger partial charge < -0.3 is 23.7 Å². The molecule has 192 valence electrons. The van der Waals surface area contributed by atoms with Crippen molar-refractivity contribution >= 4 is 5.57 Å². The van der Waals surface area contributed by atoms with E-state index >= 15 is 0 Å². The minimum atomic E-state index is -0.255. The number of unbranched alkanes of at least 4 members (excludes halogenated alkanes) is 1. The first-order valence-corrected chi connectivity index (χ1v) is 12.5. The number of halogens is 1. The lowest BCUT2D eigenvalue weighted by atomic mass is 9.79. The zero-order valence-electron chi connectivity index (χ0n) is 21.1. The molecule has 0 bridgehead atoms. The van der Waals surface area contributed by atoms with E-state index in [9.17, 15) is 4.39 Å². The van der Waals surface area contributed by atoms with Crippen LogP contribution in [0.15, 0.2) is 54.1 Å². The predicted molar refractivity (Wildman–Crippen MR) is 137 cm³/mol. The number of ether oxygens (including phenoxy) is 5. The molecule has 0 N–H and O–H groups in total. The van der Waals surface area contributed by atoms with Gasteiger partial charge in [0.25, 0.3) is 0 Å². The molecule has 0 aliphatic heterocycles. The summed E-state index contributed by atoms with van der Waals surface area (Å²) in [6, 6.07) is 16.5. The first kappa shape index (κ1) is 27.2. The quantitative estimate of drug-likeness (QED) is 0.205. The van der Waals surface area contributed by atoms with Crippen LogP contribution in [0.5, 0.6) is 11.5 Å². The van der Waals surface area contributed by atoms with Crippen LogP contribution in [-0.2, 0) is 14.2 Å². The fraction of sp³-hybridized carbons (Fsp3) is 0.517. The number of allylic oxidation sites excluding steroid dienone is 1. The molecule has 35 heavy (non-hydrogen) atoms. The van der Waals surface area contributed by atoms with Gasteiger partial charge in [-0.1, -0.05) is 29.8 Å². The average molecular weight is 487 g/mol. The SMILES string of the molecule is COCOc1ccc(C(=C2CCC(CCOCCCCF)CC2)c2ccc(OCOC)cc2)cc1. The standard InChI is InChI=1S/C29H39FO5/c1-31-21-34-27-13-9-25(10-14-27)29(26-11-15-28(16-12-26)35-22-32-2)24-7-5-23(6-8-24)17-20-33-19-4-3-18-30/h9-16,23H,3-8,17-22H2,1-2H3. The number of rotatable bonds is 15. The molecule has 0 aromatic heterocycles. The largest absolute Gasteiger partial charge is 0.468 e. The Kier molecular flexibility index (Phi) is 12.1. The van der Waals surface area contributed by atoms with Crippen LogP contribution in [0.4, 0.5) is 4.39 Å². The molecule has 0 spiro atoms. The van der Waals surface area contributed by atoms with E-state index in [1.165, 1.54) is 22.3 Å². The topological polar surface area (TPSA) is 46.2 Å². The van der Waals surface area contributed by atoms with Crippen LogP contribution in [0.25, 0.3) is 5.57 Å². The summed E-state index contributed by atoms with van der Waals surface area (Å²) < 4.78 is 39.1. The molecule has 1 saturated carbocycles. The molecular weight excluding hydrogens is 447 g/mol. The molecule has 0 heterocycles. The van der Waals surface area contributed by atoms with Crippen LogP contribution in [-0.4, -0.2) is 47.7 Å². The Morgan fingerprint density at radius 3 is 1.80 bits per heavy atom. The molecule has 1 aliphatic rings. The van der Waals surface area contributed by atoms with Gasteiger partial charge in [0.05, 0.1) is 6.67 Å². The molecule has 0 atom stereocenters. The van der Waals surface area contributed by atoms with Crippen LogP contribution < -0.4 is 9.47 Å². The van der Waals surface area contributed by atoms with Gasteiger partial charge in [0.2, 0.25) is 0 Å². The molecule has 0 radical (unpaired) electrons. The highest BCUT2D eigenvalue weighted by atomic mass is 19.1. The smallest absolute Gasteiger partial charge is 0.188 e. The molecule has 1 fully saturated rings. The zero-order valence-corrected chi connectivity index (χ0v) is 21.1. The average Bonchev–Trinajstić information content (AvgIpc) is 2.90. The third-order valence-electron chi connectivity index (χ3n) is 6.38. The monoisotopic (exact) mass is 486 g/mol. The van der Waals surface area contributed by atoms with Crippen molar-refractivity contribution in [1.29, 1.82) is 0 Å². The summed E-state index contributed by atoms with van der Waals surface area (Å²) in [5.74, 6) is 2.26. The molecule has 2 aromatic carbocycles. The Hall–Kier alpha value is -2.41. The van der Waals surface area contributed by atoms with Gasteiger partial charge in [0.1, 0.15) is 11.5 Å². The Bertz CT molecular complexity index is 815. The fourth-order valence-corrected chi connectivity index (χ4v) is 4.48. The third-order valence-corrected chi connectivity index (χ3v) is 6.38. The minimum Gasteiger partial charge on any atom is -0.468 e. The Morgan fingerprint density at radius 2 is 1.31 bits per heavy atom. The second-order valence-electron chi connectivity index (χ2n) is 8.87. The van der Waals surface area contributed by atoms with Crippen LogP contribution in [0.2, 0.25) is 0 Å². The summed E-state index contributed by atoms with van der Waals surface area (Å²) in [5.41, 5.74) is 5.15. The maximum Gasteiger partial charge on any atom is 0.188 e. The molecule has 0 unspecified atom stereocenters. The summed E-state index contributed by atoms with van der Waals surface area (Å²) in [7, 11) is 3.23. The maximum atomic E-state index is 12.2. The van der Waals surface area contributed by atoms with E-state index in [2.05, 4.69) is 24.3 Å². The van der Waals surface area contributed by atoms with E-state index in [1.807, 2.05) is 24.3 Å². The second kappa shape index (κ2) is 15.6. The van der Waals surface area contributed by atoms with Gasteiger partial charge in [-0.05, 0) is 91.8 Å². The van der Waals surface area contributed by atoms with Crippen molar-refractivity contribution in [2.75, 3.05) is 47.7 Å². The van der Waals surface area contributed by atoms with Crippen molar-refractivity contribution in [3.05, 3.63) is 65.2 Å². The molecule has 1 aliphatic carbocycles. The first-order chi connectivity index (χ1) is 17.2. The van der Waals surface area contributed by atoms with E-state index < -0.39 is 0 Å². The minimum absolute atomic E-state index is 0.233. The van der Waals surface area contributed by atoms with Crippen LogP contribution in [0, 0.1) is 5.92 Å². The highest BCUT2D eigenvalue weighted by Gasteiger charge is 2.21. The van der Waals surface area contributed by atoms with E-state index in [0.717, 1.165) is 56.6 Å². The molecule has 6 heteroatoms. The van der Waals surface area contributed by atoms with Crippen molar-refractivity contribution in [1.82, 2.24) is 0 Å². The highest BCUT2D eigenvalue weighted by molar-refractivity contribution is 5.82. The van der Waals surface area contributed by atoms with Gasteiger partial charge >= 0.3 is 0 Å². The maximum absolute atomic E-state index is 12.2. The molecule has 5 nitrogen and oxygen atoms in total. The van der Waals surface area contributed by atoms with Gasteiger partial charge in [-0.15, -0.1) is 0 Å². The number of alkyl halides is 1. The van der Waals surface area contributed by atoms with Crippen LogP contribution >= 0.6 is 0 Å². The number of hydrogen-bond acceptors (Lipinski definition) is 5. The van der Waals surface area contributed by atoms with Crippen LogP contribution in [0.1, 0.15) is 56.1 Å². The van der Waals surface area contributed by atoms with Gasteiger partial charge in [-0.3, -0.25) is 4.39 Å². The summed E-state index contributed by atoms with van der Waals surface area (Å²) in [6.07, 6.45) is 6.96. The number of methoxy groups -OCH3 is 2. The lowest BCUT2D eigenvalue weighted by Crippen LogP contribution is -2.12. The summed E-state index contributed by atoms with van der Waals surface area (Å²) in [6.45, 7) is 1.65. The Balaban J connectivity index is 1.71. The lowest BCUT2D eigenvalue weighted by Gasteiger charge is -2.27. The molecule has 2 aromatic rings. The molecule has 0 amide bonds. The normalized spacial score (nSPS) is 15.7. The van der Waals surface area contributed by atoms with Crippen molar-refractivity contribution in [2.24, 2.45) is 5.92 Å². The van der Waals surface area contributed by atoms with Crippen molar-refractivity contribution in [3.63, 3.8) is 0 Å². The molecular formula is C29H39FO5. The Labute approximate surface area is 209 Å². The van der Waals surface area contributed by atoms with Crippen molar-refractivity contribution in [2.45, 2.75) is 44.9 Å². The summed E-state index contributed by atoms with van der Waals surface area (Å²) in [5, 5.41) is 0. The lowest BCUT2D eigenvalue weighted by molar-refractivity contribution is 0.0509. The van der Waals surface area contributed by atoms with Crippen molar-refractivity contribution < 1.29 is 28.1 Å². The van der Waals surface area contributed by atoms with Gasteiger partial charge in [0.15, 0.2) is 13.6 Å². The van der Waals surface area contributed by atoms with E-state index in [4.69, 9.17) is 23.7 Å². The van der Waals surface area contributed by atoms with Crippen LogP contribution in [0.3, 0.4) is 0 Å². The van der Waals surface area contributed by atoms with Gasteiger partial charge in [-0.2, -0.15) is 0 Å². The second-order valence-corrected chi connectivity index (χ2v) is 8.87. The third kappa shape index (κ3) is 8.95.